The maximum Gasteiger partial charge on any atom is 0.190 e. The average Bonchev–Trinajstić information content (AvgIpc) is 3.51. The minimum absolute atomic E-state index is 0.00620. The van der Waals surface area contributed by atoms with Gasteiger partial charge < -0.3 is 30.6 Å². The summed E-state index contributed by atoms with van der Waals surface area (Å²) in [4.78, 5) is 47.9. The van der Waals surface area contributed by atoms with Crippen LogP contribution in [-0.4, -0.2) is 95.3 Å². The summed E-state index contributed by atoms with van der Waals surface area (Å²) in [6, 6.07) is 0. The third-order valence-corrected chi connectivity index (χ3v) is 18.3. The Morgan fingerprint density at radius 2 is 1.45 bits per heavy atom. The second kappa shape index (κ2) is 13.1. The zero-order chi connectivity index (χ0) is 40.5. The number of aliphatic hydroxyl groups excluding tert-OH is 4. The Morgan fingerprint density at radius 3 is 2.11 bits per heavy atom. The van der Waals surface area contributed by atoms with E-state index in [4.69, 9.17) is 11.6 Å². The van der Waals surface area contributed by atoms with Crippen LogP contribution in [0.4, 0.5) is 0 Å². The van der Waals surface area contributed by atoms with E-state index in [1.165, 1.54) is 6.08 Å². The van der Waals surface area contributed by atoms with E-state index in [-0.39, 0.29) is 64.8 Å². The highest BCUT2D eigenvalue weighted by Gasteiger charge is 2.75. The van der Waals surface area contributed by atoms with Gasteiger partial charge in [-0.3, -0.25) is 19.2 Å². The Balaban J connectivity index is 0.000000169. The number of ketones is 4. The molecular formula is C44H59ClO10. The molecule has 10 nitrogen and oxygen atoms in total. The average molecular weight is 783 g/mol. The number of alkyl halides is 1. The first kappa shape index (κ1) is 40.9. The molecule has 0 amide bonds. The Morgan fingerprint density at radius 1 is 0.818 bits per heavy atom. The standard InChI is InChI=1S/C22H29ClO5.C22H30O5/c1-12-8-16-15-5-4-13-9-14(25)6-7-19(13,2)21(15,23)17(26)10-20(16,3)22(12,28)18(27)11-24;1-12-8-14-15-5-7-22(27,18(26)11-23)21(15,3)10-17(25)19(14)20(2)6-4-13(24)9-16(12)20/h6-7,9,12,15-17,24,26,28H,4-5,8,10-11H2,1-3H3;4,6,9,12,14-15,17,19,23,25,27H,5,7-8,10-11H2,1-3H3/t12-,15-,16-,17-,19-,20-,21-,22-;12-,14-,15-,17-,19+,20-,21-,22-/m00/s1. The van der Waals surface area contributed by atoms with Crippen LogP contribution in [0.3, 0.4) is 0 Å². The number of halogens is 1. The van der Waals surface area contributed by atoms with Crippen molar-refractivity contribution >= 4 is 34.7 Å². The van der Waals surface area contributed by atoms with Gasteiger partial charge in [-0.05, 0) is 111 Å². The lowest BCUT2D eigenvalue weighted by molar-refractivity contribution is -0.180. The van der Waals surface area contributed by atoms with Gasteiger partial charge in [0.15, 0.2) is 23.1 Å². The molecule has 8 rings (SSSR count). The third-order valence-electron chi connectivity index (χ3n) is 17.4. The minimum atomic E-state index is -1.68. The summed E-state index contributed by atoms with van der Waals surface area (Å²) in [5.74, 6) is -1.23. The molecule has 0 aromatic heterocycles. The molecular weight excluding hydrogens is 724 g/mol. The number of allylic oxidation sites excluding steroid dienone is 8. The van der Waals surface area contributed by atoms with Crippen LogP contribution in [0.2, 0.25) is 0 Å². The molecule has 6 fully saturated rings. The minimum Gasteiger partial charge on any atom is -0.393 e. The first-order chi connectivity index (χ1) is 25.5. The molecule has 6 N–H and O–H groups in total. The number of aliphatic hydroxyl groups is 6. The van der Waals surface area contributed by atoms with Crippen molar-refractivity contribution in [2.45, 2.75) is 121 Å². The third kappa shape index (κ3) is 5.13. The molecule has 0 aliphatic heterocycles. The second-order valence-corrected chi connectivity index (χ2v) is 20.1. The lowest BCUT2D eigenvalue weighted by Crippen LogP contribution is -2.69. The van der Waals surface area contributed by atoms with Crippen molar-refractivity contribution in [2.24, 2.45) is 63.1 Å². The summed E-state index contributed by atoms with van der Waals surface area (Å²) in [6.07, 6.45) is 13.1. The van der Waals surface area contributed by atoms with Crippen molar-refractivity contribution in [3.63, 3.8) is 0 Å². The highest BCUT2D eigenvalue weighted by molar-refractivity contribution is 6.26. The molecule has 8 aliphatic rings. The van der Waals surface area contributed by atoms with Crippen molar-refractivity contribution in [1.82, 2.24) is 0 Å². The molecule has 11 heteroatoms. The monoisotopic (exact) mass is 782 g/mol. The summed E-state index contributed by atoms with van der Waals surface area (Å²) >= 11 is 7.30. The Labute approximate surface area is 328 Å². The highest BCUT2D eigenvalue weighted by Crippen LogP contribution is 2.72. The summed E-state index contributed by atoms with van der Waals surface area (Å²) in [6.45, 7) is 10.5. The van der Waals surface area contributed by atoms with Crippen LogP contribution >= 0.6 is 11.6 Å². The topological polar surface area (TPSA) is 190 Å². The zero-order valence-corrected chi connectivity index (χ0v) is 33.7. The quantitative estimate of drug-likeness (QED) is 0.228. The van der Waals surface area contributed by atoms with Gasteiger partial charge in [-0.1, -0.05) is 64.8 Å². The van der Waals surface area contributed by atoms with Gasteiger partial charge in [-0.2, -0.15) is 0 Å². The Bertz CT molecular complexity index is 1820. The van der Waals surface area contributed by atoms with Gasteiger partial charge in [0, 0.05) is 27.6 Å². The summed E-state index contributed by atoms with van der Waals surface area (Å²) in [5.41, 5.74) is -3.84. The summed E-state index contributed by atoms with van der Waals surface area (Å²) < 4.78 is 0. The summed E-state index contributed by atoms with van der Waals surface area (Å²) in [7, 11) is 0. The molecule has 0 spiro atoms. The first-order valence-corrected chi connectivity index (χ1v) is 20.6. The lowest BCUT2D eigenvalue weighted by atomic mass is 9.45. The van der Waals surface area contributed by atoms with Crippen LogP contribution in [0.25, 0.3) is 0 Å². The van der Waals surface area contributed by atoms with Crippen LogP contribution in [0.15, 0.2) is 47.6 Å². The lowest BCUT2D eigenvalue weighted by Gasteiger charge is -2.63. The van der Waals surface area contributed by atoms with Gasteiger partial charge in [0.1, 0.15) is 24.4 Å². The van der Waals surface area contributed by atoms with E-state index in [2.05, 4.69) is 13.8 Å². The molecule has 8 aliphatic carbocycles. The molecule has 0 bridgehead atoms. The van der Waals surface area contributed by atoms with E-state index >= 15 is 0 Å². The molecule has 0 saturated heterocycles. The van der Waals surface area contributed by atoms with Crippen molar-refractivity contribution < 1.29 is 49.8 Å². The molecule has 0 unspecified atom stereocenters. The molecule has 0 aromatic carbocycles. The zero-order valence-electron chi connectivity index (χ0n) is 32.9. The number of Topliss-reactive ketones (excluding diaryl/α,β-unsaturated/α-hetero) is 2. The molecule has 16 atom stereocenters. The molecule has 0 heterocycles. The van der Waals surface area contributed by atoms with Gasteiger partial charge in [0.2, 0.25) is 0 Å². The van der Waals surface area contributed by atoms with Crippen LogP contribution in [-0.2, 0) is 19.2 Å². The number of hydrogen-bond acceptors (Lipinski definition) is 10. The molecule has 302 valence electrons. The molecule has 0 aromatic rings. The number of hydrogen-bond donors (Lipinski definition) is 6. The van der Waals surface area contributed by atoms with E-state index < -0.39 is 69.3 Å². The Hall–Kier alpha value is -2.31. The van der Waals surface area contributed by atoms with Crippen LogP contribution < -0.4 is 0 Å². The van der Waals surface area contributed by atoms with Gasteiger partial charge in [0.25, 0.3) is 0 Å². The van der Waals surface area contributed by atoms with Crippen LogP contribution in [0.1, 0.15) is 92.9 Å². The first-order valence-electron chi connectivity index (χ1n) is 20.2. The van der Waals surface area contributed by atoms with Gasteiger partial charge in [0.05, 0.1) is 17.1 Å². The fourth-order valence-corrected chi connectivity index (χ4v) is 15.1. The largest absolute Gasteiger partial charge is 0.393 e. The van der Waals surface area contributed by atoms with Gasteiger partial charge in [-0.15, -0.1) is 11.6 Å². The fourth-order valence-electron chi connectivity index (χ4n) is 14.6. The van der Waals surface area contributed by atoms with Crippen molar-refractivity contribution in [2.75, 3.05) is 13.2 Å². The Kier molecular flexibility index (Phi) is 9.73. The second-order valence-electron chi connectivity index (χ2n) is 19.5. The predicted molar refractivity (Wildman–Crippen MR) is 204 cm³/mol. The predicted octanol–water partition coefficient (Wildman–Crippen LogP) is 3.97. The van der Waals surface area contributed by atoms with Crippen molar-refractivity contribution in [3.8, 4) is 0 Å². The number of rotatable bonds is 4. The van der Waals surface area contributed by atoms with Crippen LogP contribution in [0, 0.1) is 63.1 Å². The van der Waals surface area contributed by atoms with Crippen molar-refractivity contribution in [1.29, 1.82) is 0 Å². The van der Waals surface area contributed by atoms with E-state index in [1.54, 1.807) is 18.2 Å². The van der Waals surface area contributed by atoms with E-state index in [0.717, 1.165) is 24.0 Å². The smallest absolute Gasteiger partial charge is 0.190 e. The highest BCUT2D eigenvalue weighted by atomic mass is 35.5. The number of fused-ring (bicyclic) bond motifs is 10. The number of carbonyl (C=O) groups excluding carboxylic acids is 4. The van der Waals surface area contributed by atoms with E-state index in [0.29, 0.717) is 32.1 Å². The summed E-state index contributed by atoms with van der Waals surface area (Å²) in [5, 5.41) is 64.2. The fraction of sp³-hybridized carbons (Fsp3) is 0.727. The van der Waals surface area contributed by atoms with Gasteiger partial charge in [-0.25, -0.2) is 0 Å². The van der Waals surface area contributed by atoms with Gasteiger partial charge >= 0.3 is 0 Å². The maximum absolute atomic E-state index is 12.6. The molecule has 55 heavy (non-hydrogen) atoms. The van der Waals surface area contributed by atoms with Crippen molar-refractivity contribution in [3.05, 3.63) is 47.6 Å². The molecule has 6 saturated carbocycles. The SMILES string of the molecule is C[C@H]1C[C@@H]2[C@H]([C@@H](O)C[C@@]3(C)[C@H]2CC[C@]3(O)C(=O)CO)[C@@]2(C)C=CC(=O)C=C12.C[C@H]1C[C@H]2[C@@H]3CCC4=CC(=O)C=C[C@]4(C)[C@@]3(Cl)[C@@H](O)C[C@]2(C)[C@@]1(O)C(=O)CO. The number of carbonyl (C=O) groups is 4. The van der Waals surface area contributed by atoms with E-state index in [1.807, 2.05) is 39.8 Å². The van der Waals surface area contributed by atoms with E-state index in [9.17, 15) is 49.8 Å². The molecule has 0 radical (unpaired) electrons. The normalized spacial score (nSPS) is 51.9. The van der Waals surface area contributed by atoms with Crippen LogP contribution in [0.5, 0.6) is 0 Å². The maximum atomic E-state index is 12.6.